The summed E-state index contributed by atoms with van der Waals surface area (Å²) in [7, 11) is -2.49. The summed E-state index contributed by atoms with van der Waals surface area (Å²) >= 11 is 0. The van der Waals surface area contributed by atoms with E-state index in [4.69, 9.17) is 8.92 Å². The zero-order valence-electron chi connectivity index (χ0n) is 15.5. The van der Waals surface area contributed by atoms with E-state index in [-0.39, 0.29) is 22.7 Å². The largest absolute Gasteiger partial charge is 0.497 e. The number of amides is 2. The number of anilines is 1. The third kappa shape index (κ3) is 4.00. The number of rotatable bonds is 6. The van der Waals surface area contributed by atoms with E-state index in [1.165, 1.54) is 31.4 Å². The van der Waals surface area contributed by atoms with Crippen LogP contribution in [0.5, 0.6) is 11.5 Å². The summed E-state index contributed by atoms with van der Waals surface area (Å²) in [5.41, 5.74) is 0.656. The second kappa shape index (κ2) is 7.48. The molecule has 7 nitrogen and oxygen atoms in total. The molecule has 0 spiro atoms. The normalized spacial score (nSPS) is 14.7. The van der Waals surface area contributed by atoms with Crippen LogP contribution in [0.3, 0.4) is 0 Å². The molecule has 1 aliphatic heterocycles. The van der Waals surface area contributed by atoms with Crippen molar-refractivity contribution in [1.29, 1.82) is 0 Å². The van der Waals surface area contributed by atoms with Crippen molar-refractivity contribution in [1.82, 2.24) is 4.90 Å². The Morgan fingerprint density at radius 1 is 1.00 bits per heavy atom. The van der Waals surface area contributed by atoms with Gasteiger partial charge < -0.3 is 13.8 Å². The van der Waals surface area contributed by atoms with Gasteiger partial charge in [0, 0.05) is 30.9 Å². The van der Waals surface area contributed by atoms with E-state index >= 15 is 0 Å². The van der Waals surface area contributed by atoms with Crippen LogP contribution in [-0.4, -0.2) is 45.6 Å². The summed E-state index contributed by atoms with van der Waals surface area (Å²) in [5, 5.41) is 0. The Kier molecular flexibility index (Phi) is 5.27. The second-order valence-electron chi connectivity index (χ2n) is 6.43. The lowest BCUT2D eigenvalue weighted by Crippen LogP contribution is -2.36. The Morgan fingerprint density at radius 2 is 1.67 bits per heavy atom. The molecule has 0 saturated carbocycles. The molecular weight excluding hydrogens is 368 g/mol. The first-order chi connectivity index (χ1) is 12.8. The molecule has 0 N–H and O–H groups in total. The molecule has 0 aliphatic carbocycles. The highest BCUT2D eigenvalue weighted by Gasteiger charge is 2.31. The van der Waals surface area contributed by atoms with Gasteiger partial charge in [-0.05, 0) is 50.2 Å². The maximum absolute atomic E-state index is 12.5. The van der Waals surface area contributed by atoms with Crippen LogP contribution in [0.1, 0.15) is 13.8 Å². The summed E-state index contributed by atoms with van der Waals surface area (Å²) in [5.74, 6) is 0.668. The first-order valence-electron chi connectivity index (χ1n) is 8.58. The topological polar surface area (TPSA) is 76.2 Å². The highest BCUT2D eigenvalue weighted by Crippen LogP contribution is 2.26. The van der Waals surface area contributed by atoms with Gasteiger partial charge in [-0.25, -0.2) is 4.79 Å². The number of carbonyl (C=O) groups excluding carboxylic acids is 1. The summed E-state index contributed by atoms with van der Waals surface area (Å²) < 4.78 is 35.2. The zero-order chi connectivity index (χ0) is 19.6. The predicted octanol–water partition coefficient (Wildman–Crippen LogP) is 3.11. The van der Waals surface area contributed by atoms with Gasteiger partial charge in [-0.15, -0.1) is 0 Å². The standard InChI is InChI=1S/C19H22N2O5S/c1-14(2)20-11-12-21(19(20)22)15-7-9-18(10-8-15)27(23,24)26-17-6-4-5-16(13-17)25-3/h4-10,13-14H,11-12H2,1-3H3. The van der Waals surface area contributed by atoms with Gasteiger partial charge in [-0.1, -0.05) is 6.07 Å². The van der Waals surface area contributed by atoms with Crippen molar-refractivity contribution >= 4 is 21.8 Å². The number of methoxy groups -OCH3 is 1. The molecule has 8 heteroatoms. The SMILES string of the molecule is COc1cccc(OS(=O)(=O)c2ccc(N3CCN(C(C)C)C3=O)cc2)c1. The number of urea groups is 1. The Labute approximate surface area is 159 Å². The maximum Gasteiger partial charge on any atom is 0.339 e. The zero-order valence-corrected chi connectivity index (χ0v) is 16.3. The van der Waals surface area contributed by atoms with E-state index in [1.54, 1.807) is 34.1 Å². The average molecular weight is 390 g/mol. The molecule has 3 rings (SSSR count). The van der Waals surface area contributed by atoms with Crippen molar-refractivity contribution in [2.45, 2.75) is 24.8 Å². The Morgan fingerprint density at radius 3 is 2.26 bits per heavy atom. The Hall–Kier alpha value is -2.74. The van der Waals surface area contributed by atoms with Gasteiger partial charge in [0.05, 0.1) is 7.11 Å². The minimum Gasteiger partial charge on any atom is -0.497 e. The highest BCUT2D eigenvalue weighted by atomic mass is 32.2. The molecule has 1 saturated heterocycles. The molecule has 1 aliphatic rings. The molecule has 0 aromatic heterocycles. The summed E-state index contributed by atoms with van der Waals surface area (Å²) in [4.78, 5) is 15.9. The van der Waals surface area contributed by atoms with E-state index in [1.807, 2.05) is 13.8 Å². The van der Waals surface area contributed by atoms with Crippen molar-refractivity contribution in [3.8, 4) is 11.5 Å². The number of hydrogen-bond donors (Lipinski definition) is 0. The van der Waals surface area contributed by atoms with Crippen LogP contribution in [0.25, 0.3) is 0 Å². The molecule has 2 aromatic carbocycles. The van der Waals surface area contributed by atoms with Gasteiger partial charge in [0.25, 0.3) is 0 Å². The second-order valence-corrected chi connectivity index (χ2v) is 7.98. The van der Waals surface area contributed by atoms with Gasteiger partial charge >= 0.3 is 16.1 Å². The van der Waals surface area contributed by atoms with Crippen LogP contribution in [0.4, 0.5) is 10.5 Å². The fraction of sp³-hybridized carbons (Fsp3) is 0.316. The van der Waals surface area contributed by atoms with Crippen LogP contribution in [-0.2, 0) is 10.1 Å². The quantitative estimate of drug-likeness (QED) is 0.709. The van der Waals surface area contributed by atoms with E-state index < -0.39 is 10.1 Å². The Balaban J connectivity index is 1.77. The van der Waals surface area contributed by atoms with Crippen molar-refractivity contribution in [2.75, 3.05) is 25.1 Å². The van der Waals surface area contributed by atoms with Crippen molar-refractivity contribution in [3.63, 3.8) is 0 Å². The third-order valence-electron chi connectivity index (χ3n) is 4.35. The molecule has 0 atom stereocenters. The van der Waals surface area contributed by atoms with Crippen LogP contribution in [0.15, 0.2) is 53.4 Å². The molecule has 0 radical (unpaired) electrons. The molecule has 1 fully saturated rings. The number of benzene rings is 2. The van der Waals surface area contributed by atoms with E-state index in [0.717, 1.165) is 0 Å². The van der Waals surface area contributed by atoms with E-state index in [2.05, 4.69) is 0 Å². The van der Waals surface area contributed by atoms with E-state index in [9.17, 15) is 13.2 Å². The lowest BCUT2D eigenvalue weighted by molar-refractivity contribution is 0.209. The summed E-state index contributed by atoms with van der Waals surface area (Å²) in [6.45, 7) is 5.15. The molecular formula is C19H22N2O5S. The van der Waals surface area contributed by atoms with E-state index in [0.29, 0.717) is 24.5 Å². The summed E-state index contributed by atoms with van der Waals surface area (Å²) in [6.07, 6.45) is 0. The molecule has 27 heavy (non-hydrogen) atoms. The van der Waals surface area contributed by atoms with Crippen molar-refractivity contribution < 1.29 is 22.1 Å². The number of ether oxygens (including phenoxy) is 1. The molecule has 2 aromatic rings. The molecule has 2 amide bonds. The highest BCUT2D eigenvalue weighted by molar-refractivity contribution is 7.87. The fourth-order valence-corrected chi connectivity index (χ4v) is 3.82. The molecule has 0 unspecified atom stereocenters. The fourth-order valence-electron chi connectivity index (χ4n) is 2.89. The number of carbonyl (C=O) groups is 1. The lowest BCUT2D eigenvalue weighted by atomic mass is 10.3. The van der Waals surface area contributed by atoms with Gasteiger partial charge in [-0.2, -0.15) is 8.42 Å². The monoisotopic (exact) mass is 390 g/mol. The first-order valence-corrected chi connectivity index (χ1v) is 9.99. The van der Waals surface area contributed by atoms with Crippen molar-refractivity contribution in [3.05, 3.63) is 48.5 Å². The Bertz CT molecular complexity index is 925. The summed E-state index contributed by atoms with van der Waals surface area (Å²) in [6, 6.07) is 12.5. The van der Waals surface area contributed by atoms with Crippen molar-refractivity contribution in [2.24, 2.45) is 0 Å². The van der Waals surface area contributed by atoms with Gasteiger partial charge in [0.1, 0.15) is 16.4 Å². The molecule has 0 bridgehead atoms. The molecule has 1 heterocycles. The lowest BCUT2D eigenvalue weighted by Gasteiger charge is -2.21. The van der Waals surface area contributed by atoms with Gasteiger partial charge in [0.2, 0.25) is 0 Å². The van der Waals surface area contributed by atoms with Gasteiger partial charge in [-0.3, -0.25) is 4.90 Å². The van der Waals surface area contributed by atoms with Crippen LogP contribution in [0, 0.1) is 0 Å². The van der Waals surface area contributed by atoms with Crippen LogP contribution >= 0.6 is 0 Å². The van der Waals surface area contributed by atoms with Crippen LogP contribution in [0.2, 0.25) is 0 Å². The number of nitrogens with zero attached hydrogens (tertiary/aromatic N) is 2. The average Bonchev–Trinajstić information content (AvgIpc) is 3.03. The smallest absolute Gasteiger partial charge is 0.339 e. The minimum atomic E-state index is -3.99. The number of hydrogen-bond acceptors (Lipinski definition) is 5. The predicted molar refractivity (Wildman–Crippen MR) is 102 cm³/mol. The molecule has 144 valence electrons. The van der Waals surface area contributed by atoms with Crippen LogP contribution < -0.4 is 13.8 Å². The minimum absolute atomic E-state index is 0.0152. The maximum atomic E-state index is 12.5. The first kappa shape index (κ1) is 19.0. The third-order valence-corrected chi connectivity index (χ3v) is 5.61. The van der Waals surface area contributed by atoms with Gasteiger partial charge in [0.15, 0.2) is 0 Å².